The Morgan fingerprint density at radius 3 is 1.89 bits per heavy atom. The second-order valence-corrected chi connectivity index (χ2v) is 10.5. The molecule has 0 amide bonds. The van der Waals surface area contributed by atoms with Crippen molar-refractivity contribution in [1.29, 1.82) is 0 Å². The first-order valence-corrected chi connectivity index (χ1v) is 13.7. The standard InChI is InChI=1S/C30H24N2O5S/c1-35-20-16-19(17-21(18-20)36-2)32-29-25-13-7-5-11-23(25)22-10-4-6-12-24(22)28(29)31-30(32)26-14-8-9-15-27(26)37-38(3,33)34/h4-18H,1-3H3. The van der Waals surface area contributed by atoms with E-state index in [0.717, 1.165) is 44.5 Å². The van der Waals surface area contributed by atoms with Crippen LogP contribution in [0.1, 0.15) is 0 Å². The molecule has 0 atom stereocenters. The number of aromatic nitrogens is 2. The van der Waals surface area contributed by atoms with E-state index in [1.165, 1.54) is 0 Å². The van der Waals surface area contributed by atoms with Crippen LogP contribution in [-0.4, -0.2) is 38.4 Å². The molecule has 0 fully saturated rings. The number of rotatable bonds is 6. The summed E-state index contributed by atoms with van der Waals surface area (Å²) >= 11 is 0. The average Bonchev–Trinajstić information content (AvgIpc) is 3.33. The molecule has 0 spiro atoms. The number of para-hydroxylation sites is 1. The number of benzene rings is 5. The highest BCUT2D eigenvalue weighted by atomic mass is 32.2. The highest BCUT2D eigenvalue weighted by molar-refractivity contribution is 7.86. The Bertz CT molecular complexity index is 1940. The van der Waals surface area contributed by atoms with Crippen molar-refractivity contribution in [2.75, 3.05) is 20.5 Å². The smallest absolute Gasteiger partial charge is 0.306 e. The van der Waals surface area contributed by atoms with Gasteiger partial charge in [-0.3, -0.25) is 4.57 Å². The van der Waals surface area contributed by atoms with Gasteiger partial charge in [0.25, 0.3) is 0 Å². The van der Waals surface area contributed by atoms with Crippen LogP contribution in [0, 0.1) is 0 Å². The molecule has 0 unspecified atom stereocenters. The van der Waals surface area contributed by atoms with E-state index >= 15 is 0 Å². The molecule has 1 heterocycles. The van der Waals surface area contributed by atoms with Crippen LogP contribution in [0.25, 0.3) is 49.7 Å². The summed E-state index contributed by atoms with van der Waals surface area (Å²) in [6, 6.07) is 28.9. The van der Waals surface area contributed by atoms with Gasteiger partial charge in [-0.15, -0.1) is 0 Å². The topological polar surface area (TPSA) is 79.7 Å². The number of hydrogen-bond donors (Lipinski definition) is 0. The Kier molecular flexibility index (Phi) is 5.69. The molecule has 7 nitrogen and oxygen atoms in total. The Morgan fingerprint density at radius 1 is 0.711 bits per heavy atom. The molecule has 0 aliphatic rings. The maximum absolute atomic E-state index is 12.1. The van der Waals surface area contributed by atoms with Crippen LogP contribution in [0.2, 0.25) is 0 Å². The van der Waals surface area contributed by atoms with Crippen LogP contribution in [0.5, 0.6) is 17.2 Å². The number of methoxy groups -OCH3 is 2. The molecule has 8 heteroatoms. The van der Waals surface area contributed by atoms with E-state index in [4.69, 9.17) is 18.6 Å². The maximum atomic E-state index is 12.1. The predicted molar refractivity (Wildman–Crippen MR) is 150 cm³/mol. The highest BCUT2D eigenvalue weighted by Gasteiger charge is 2.23. The zero-order chi connectivity index (χ0) is 26.4. The molecule has 0 saturated heterocycles. The Labute approximate surface area is 219 Å². The lowest BCUT2D eigenvalue weighted by atomic mass is 10.00. The molecule has 0 saturated carbocycles. The maximum Gasteiger partial charge on any atom is 0.306 e. The SMILES string of the molecule is COc1cc(OC)cc(-n2c(-c3ccccc3OS(C)(=O)=O)nc3c4ccccc4c4ccccc4c32)c1. The van der Waals surface area contributed by atoms with Crippen molar-refractivity contribution in [3.05, 3.63) is 91.0 Å². The van der Waals surface area contributed by atoms with Gasteiger partial charge in [0, 0.05) is 29.0 Å². The minimum absolute atomic E-state index is 0.190. The number of ether oxygens (including phenoxy) is 2. The second-order valence-electron chi connectivity index (χ2n) is 8.91. The summed E-state index contributed by atoms with van der Waals surface area (Å²) in [5, 5.41) is 4.15. The minimum atomic E-state index is -3.78. The molecular formula is C30H24N2O5S. The average molecular weight is 525 g/mol. The van der Waals surface area contributed by atoms with E-state index in [2.05, 4.69) is 24.3 Å². The van der Waals surface area contributed by atoms with Gasteiger partial charge in [0.2, 0.25) is 0 Å². The van der Waals surface area contributed by atoms with Crippen LogP contribution in [0.4, 0.5) is 0 Å². The summed E-state index contributed by atoms with van der Waals surface area (Å²) in [7, 11) is -0.581. The molecule has 6 rings (SSSR count). The first kappa shape index (κ1) is 23.8. The van der Waals surface area contributed by atoms with Crippen LogP contribution >= 0.6 is 0 Å². The molecular weight excluding hydrogens is 500 g/mol. The summed E-state index contributed by atoms with van der Waals surface area (Å²) in [4.78, 5) is 5.15. The lowest BCUT2D eigenvalue weighted by Gasteiger charge is -2.16. The van der Waals surface area contributed by atoms with Crippen molar-refractivity contribution >= 4 is 42.7 Å². The van der Waals surface area contributed by atoms with Crippen LogP contribution in [0.15, 0.2) is 91.0 Å². The first-order chi connectivity index (χ1) is 18.4. The van der Waals surface area contributed by atoms with Crippen molar-refractivity contribution < 1.29 is 22.1 Å². The van der Waals surface area contributed by atoms with Gasteiger partial charge in [0.1, 0.15) is 17.3 Å². The predicted octanol–water partition coefficient (Wildman–Crippen LogP) is 6.35. The van der Waals surface area contributed by atoms with E-state index in [1.54, 1.807) is 38.5 Å². The molecule has 1 aromatic heterocycles. The molecule has 38 heavy (non-hydrogen) atoms. The van der Waals surface area contributed by atoms with Crippen molar-refractivity contribution in [1.82, 2.24) is 9.55 Å². The third kappa shape index (κ3) is 3.99. The van der Waals surface area contributed by atoms with E-state index < -0.39 is 10.1 Å². The fraction of sp³-hybridized carbons (Fsp3) is 0.100. The molecule has 0 bridgehead atoms. The number of imidazole rings is 1. The van der Waals surface area contributed by atoms with Crippen LogP contribution in [0.3, 0.4) is 0 Å². The molecule has 190 valence electrons. The second kappa shape index (κ2) is 9.08. The summed E-state index contributed by atoms with van der Waals surface area (Å²) in [5.74, 6) is 1.93. The van der Waals surface area contributed by atoms with Crippen LogP contribution in [-0.2, 0) is 10.1 Å². The lowest BCUT2D eigenvalue weighted by Crippen LogP contribution is -2.07. The van der Waals surface area contributed by atoms with Gasteiger partial charge in [-0.1, -0.05) is 60.7 Å². The normalized spacial score (nSPS) is 11.8. The zero-order valence-corrected chi connectivity index (χ0v) is 21.8. The largest absolute Gasteiger partial charge is 0.497 e. The highest BCUT2D eigenvalue weighted by Crippen LogP contribution is 2.42. The van der Waals surface area contributed by atoms with Crippen molar-refractivity contribution in [3.8, 4) is 34.3 Å². The van der Waals surface area contributed by atoms with E-state index in [0.29, 0.717) is 22.9 Å². The molecule has 0 radical (unpaired) electrons. The van der Waals surface area contributed by atoms with Gasteiger partial charge in [-0.05, 0) is 22.9 Å². The van der Waals surface area contributed by atoms with Gasteiger partial charge >= 0.3 is 10.1 Å². The third-order valence-electron chi connectivity index (χ3n) is 6.50. The van der Waals surface area contributed by atoms with Gasteiger partial charge in [0.05, 0.1) is 42.8 Å². The van der Waals surface area contributed by atoms with Crippen molar-refractivity contribution in [3.63, 3.8) is 0 Å². The Balaban J connectivity index is 1.83. The summed E-state index contributed by atoms with van der Waals surface area (Å²) in [6.07, 6.45) is 1.03. The van der Waals surface area contributed by atoms with Gasteiger partial charge in [0.15, 0.2) is 5.75 Å². The first-order valence-electron chi connectivity index (χ1n) is 11.9. The van der Waals surface area contributed by atoms with Crippen molar-refractivity contribution in [2.45, 2.75) is 0 Å². The fourth-order valence-corrected chi connectivity index (χ4v) is 5.42. The molecule has 0 aliphatic heterocycles. The quantitative estimate of drug-likeness (QED) is 0.186. The number of fused-ring (bicyclic) bond motifs is 6. The fourth-order valence-electron chi connectivity index (χ4n) is 4.95. The van der Waals surface area contributed by atoms with Gasteiger partial charge in [-0.25, -0.2) is 4.98 Å². The number of nitrogens with zero attached hydrogens (tertiary/aromatic N) is 2. The molecule has 0 N–H and O–H groups in total. The summed E-state index contributed by atoms with van der Waals surface area (Å²) in [6.45, 7) is 0. The monoisotopic (exact) mass is 524 g/mol. The van der Waals surface area contributed by atoms with E-state index in [9.17, 15) is 8.42 Å². The van der Waals surface area contributed by atoms with Crippen LogP contribution < -0.4 is 13.7 Å². The molecule has 0 aliphatic carbocycles. The lowest BCUT2D eigenvalue weighted by molar-refractivity contribution is 0.394. The third-order valence-corrected chi connectivity index (χ3v) is 6.98. The van der Waals surface area contributed by atoms with Gasteiger partial charge in [-0.2, -0.15) is 8.42 Å². The van der Waals surface area contributed by atoms with Crippen molar-refractivity contribution in [2.24, 2.45) is 0 Å². The Hall–Kier alpha value is -4.56. The minimum Gasteiger partial charge on any atom is -0.497 e. The van der Waals surface area contributed by atoms with Gasteiger partial charge < -0.3 is 13.7 Å². The zero-order valence-electron chi connectivity index (χ0n) is 21.0. The molecule has 5 aromatic carbocycles. The summed E-state index contributed by atoms with van der Waals surface area (Å²) in [5.41, 5.74) is 2.93. The van der Waals surface area contributed by atoms with E-state index in [1.807, 2.05) is 47.0 Å². The van der Waals surface area contributed by atoms with E-state index in [-0.39, 0.29) is 5.75 Å². The Morgan fingerprint density at radius 2 is 1.26 bits per heavy atom. The summed E-state index contributed by atoms with van der Waals surface area (Å²) < 4.78 is 42.9. The number of hydrogen-bond acceptors (Lipinski definition) is 6. The molecule has 6 aromatic rings.